The predicted octanol–water partition coefficient (Wildman–Crippen LogP) is 3.55. The maximum Gasteiger partial charge on any atom is 0.244 e. The van der Waals surface area contributed by atoms with Crippen molar-refractivity contribution < 1.29 is 14.3 Å². The number of hydrogen-bond acceptors (Lipinski definition) is 4. The van der Waals surface area contributed by atoms with Gasteiger partial charge in [-0.05, 0) is 31.5 Å². The van der Waals surface area contributed by atoms with Crippen LogP contribution < -0.4 is 14.8 Å². The molecule has 25 heavy (non-hydrogen) atoms. The number of benzene rings is 2. The molecule has 1 amide bonds. The summed E-state index contributed by atoms with van der Waals surface area (Å²) in [4.78, 5) is 14.3. The summed E-state index contributed by atoms with van der Waals surface area (Å²) >= 11 is 0. The van der Waals surface area contributed by atoms with E-state index in [4.69, 9.17) is 9.47 Å². The minimum Gasteiger partial charge on any atom is -0.493 e. The number of rotatable bonds is 8. The quantitative estimate of drug-likeness (QED) is 0.797. The smallest absolute Gasteiger partial charge is 0.244 e. The van der Waals surface area contributed by atoms with Gasteiger partial charge in [-0.25, -0.2) is 0 Å². The summed E-state index contributed by atoms with van der Waals surface area (Å²) in [5, 5.41) is 3.23. The Hall–Kier alpha value is -2.69. The van der Waals surface area contributed by atoms with Gasteiger partial charge in [-0.2, -0.15) is 0 Å². The Morgan fingerprint density at radius 2 is 1.88 bits per heavy atom. The first kappa shape index (κ1) is 18.6. The molecule has 5 heteroatoms. The molecule has 2 rings (SSSR count). The average Bonchev–Trinajstić information content (AvgIpc) is 2.63. The average molecular weight is 342 g/mol. The molecule has 1 atom stereocenters. The van der Waals surface area contributed by atoms with E-state index in [0.717, 1.165) is 11.3 Å². The van der Waals surface area contributed by atoms with Crippen LogP contribution in [0.25, 0.3) is 0 Å². The molecule has 5 nitrogen and oxygen atoms in total. The number of carbonyl (C=O) groups excluding carboxylic acids is 1. The molecule has 0 spiro atoms. The third-order valence-corrected chi connectivity index (χ3v) is 3.86. The van der Waals surface area contributed by atoms with Gasteiger partial charge in [-0.15, -0.1) is 0 Å². The van der Waals surface area contributed by atoms with Crippen molar-refractivity contribution in [2.75, 3.05) is 26.1 Å². The number of amides is 1. The molecule has 0 saturated heterocycles. The topological polar surface area (TPSA) is 50.8 Å². The molecule has 1 N–H and O–H groups in total. The van der Waals surface area contributed by atoms with Gasteiger partial charge >= 0.3 is 0 Å². The summed E-state index contributed by atoms with van der Waals surface area (Å²) in [5.74, 6) is 1.36. The second-order valence-corrected chi connectivity index (χ2v) is 5.84. The Labute approximate surface area is 149 Å². The summed E-state index contributed by atoms with van der Waals surface area (Å²) in [6.45, 7) is 4.93. The number of likely N-dealkylation sites (N-methyl/N-ethyl adjacent to an activating group) is 1. The SMILES string of the molecule is CCOc1ccc(N[C@@H](C)C(=O)N(C)Cc2ccccc2)cc1OC. The Morgan fingerprint density at radius 3 is 2.52 bits per heavy atom. The first-order chi connectivity index (χ1) is 12.0. The molecule has 0 unspecified atom stereocenters. The summed E-state index contributed by atoms with van der Waals surface area (Å²) in [6, 6.07) is 15.2. The largest absolute Gasteiger partial charge is 0.493 e. The normalized spacial score (nSPS) is 11.5. The molecular formula is C20H26N2O3. The Kier molecular flexibility index (Phi) is 6.69. The van der Waals surface area contributed by atoms with Crippen LogP contribution in [0.15, 0.2) is 48.5 Å². The number of methoxy groups -OCH3 is 1. The summed E-state index contributed by atoms with van der Waals surface area (Å²) in [7, 11) is 3.41. The molecule has 2 aromatic rings. The lowest BCUT2D eigenvalue weighted by atomic mass is 10.2. The highest BCUT2D eigenvalue weighted by atomic mass is 16.5. The van der Waals surface area contributed by atoms with Gasteiger partial charge in [0.2, 0.25) is 5.91 Å². The van der Waals surface area contributed by atoms with Crippen LogP contribution in [0.1, 0.15) is 19.4 Å². The van der Waals surface area contributed by atoms with Crippen molar-refractivity contribution in [2.24, 2.45) is 0 Å². The van der Waals surface area contributed by atoms with E-state index in [1.54, 1.807) is 12.0 Å². The zero-order chi connectivity index (χ0) is 18.2. The van der Waals surface area contributed by atoms with Crippen molar-refractivity contribution in [2.45, 2.75) is 26.4 Å². The van der Waals surface area contributed by atoms with Crippen LogP contribution in [0.5, 0.6) is 11.5 Å². The second kappa shape index (κ2) is 8.97. The Bertz CT molecular complexity index is 689. The van der Waals surface area contributed by atoms with Crippen LogP contribution in [0.4, 0.5) is 5.69 Å². The van der Waals surface area contributed by atoms with E-state index in [-0.39, 0.29) is 11.9 Å². The van der Waals surface area contributed by atoms with Gasteiger partial charge in [0.25, 0.3) is 0 Å². The summed E-state index contributed by atoms with van der Waals surface area (Å²) in [5.41, 5.74) is 1.92. The zero-order valence-corrected chi connectivity index (χ0v) is 15.3. The minimum absolute atomic E-state index is 0.0247. The van der Waals surface area contributed by atoms with Gasteiger partial charge in [0, 0.05) is 25.3 Å². The fourth-order valence-corrected chi connectivity index (χ4v) is 2.61. The lowest BCUT2D eigenvalue weighted by Crippen LogP contribution is -2.38. The van der Waals surface area contributed by atoms with Crippen LogP contribution in [-0.4, -0.2) is 37.6 Å². The van der Waals surface area contributed by atoms with Crippen LogP contribution in [0.3, 0.4) is 0 Å². The summed E-state index contributed by atoms with van der Waals surface area (Å²) in [6.07, 6.45) is 0. The Balaban J connectivity index is 2.00. The zero-order valence-electron chi connectivity index (χ0n) is 15.3. The van der Waals surface area contributed by atoms with Gasteiger partial charge < -0.3 is 19.7 Å². The van der Waals surface area contributed by atoms with E-state index >= 15 is 0 Å². The third kappa shape index (κ3) is 5.14. The molecule has 2 aromatic carbocycles. The highest BCUT2D eigenvalue weighted by Crippen LogP contribution is 2.30. The molecule has 0 fully saturated rings. The van der Waals surface area contributed by atoms with Crippen molar-refractivity contribution >= 4 is 11.6 Å². The van der Waals surface area contributed by atoms with Gasteiger partial charge in [0.1, 0.15) is 6.04 Å². The van der Waals surface area contributed by atoms with E-state index in [1.807, 2.05) is 69.4 Å². The molecule has 134 valence electrons. The minimum atomic E-state index is -0.351. The van der Waals surface area contributed by atoms with Crippen molar-refractivity contribution in [3.05, 3.63) is 54.1 Å². The van der Waals surface area contributed by atoms with Crippen LogP contribution in [0.2, 0.25) is 0 Å². The highest BCUT2D eigenvalue weighted by Gasteiger charge is 2.18. The molecule has 0 saturated carbocycles. The van der Waals surface area contributed by atoms with Gasteiger partial charge in [-0.3, -0.25) is 4.79 Å². The first-order valence-corrected chi connectivity index (χ1v) is 8.41. The number of hydrogen-bond donors (Lipinski definition) is 1. The monoisotopic (exact) mass is 342 g/mol. The lowest BCUT2D eigenvalue weighted by molar-refractivity contribution is -0.130. The number of carbonyl (C=O) groups is 1. The third-order valence-electron chi connectivity index (χ3n) is 3.86. The van der Waals surface area contributed by atoms with Crippen molar-refractivity contribution in [3.8, 4) is 11.5 Å². The molecule has 0 aliphatic heterocycles. The molecule has 0 bridgehead atoms. The lowest BCUT2D eigenvalue weighted by Gasteiger charge is -2.23. The molecule has 0 aromatic heterocycles. The van der Waals surface area contributed by atoms with Crippen molar-refractivity contribution in [1.29, 1.82) is 0 Å². The van der Waals surface area contributed by atoms with Crippen LogP contribution in [-0.2, 0) is 11.3 Å². The van der Waals surface area contributed by atoms with Gasteiger partial charge in [0.05, 0.1) is 13.7 Å². The predicted molar refractivity (Wildman–Crippen MR) is 100 cm³/mol. The highest BCUT2D eigenvalue weighted by molar-refractivity contribution is 5.84. The number of nitrogens with zero attached hydrogens (tertiary/aromatic N) is 1. The van der Waals surface area contributed by atoms with Crippen LogP contribution >= 0.6 is 0 Å². The first-order valence-electron chi connectivity index (χ1n) is 8.41. The number of nitrogens with one attached hydrogen (secondary N) is 1. The van der Waals surface area contributed by atoms with Gasteiger partial charge in [-0.1, -0.05) is 30.3 Å². The summed E-state index contributed by atoms with van der Waals surface area (Å²) < 4.78 is 10.9. The Morgan fingerprint density at radius 1 is 1.16 bits per heavy atom. The fraction of sp³-hybridized carbons (Fsp3) is 0.350. The molecule has 0 aliphatic carbocycles. The van der Waals surface area contributed by atoms with E-state index in [2.05, 4.69) is 5.32 Å². The molecule has 0 heterocycles. The standard InChI is InChI=1S/C20H26N2O3/c1-5-25-18-12-11-17(13-19(18)24-4)21-15(2)20(23)22(3)14-16-9-7-6-8-10-16/h6-13,15,21H,5,14H2,1-4H3/t15-/m0/s1. The number of ether oxygens (including phenoxy) is 2. The van der Waals surface area contributed by atoms with Crippen molar-refractivity contribution in [1.82, 2.24) is 4.90 Å². The molecule has 0 radical (unpaired) electrons. The number of anilines is 1. The maximum absolute atomic E-state index is 12.6. The molecular weight excluding hydrogens is 316 g/mol. The second-order valence-electron chi connectivity index (χ2n) is 5.84. The van der Waals surface area contributed by atoms with Crippen LogP contribution in [0, 0.1) is 0 Å². The van der Waals surface area contributed by atoms with E-state index in [1.165, 1.54) is 0 Å². The van der Waals surface area contributed by atoms with E-state index < -0.39 is 0 Å². The fourth-order valence-electron chi connectivity index (χ4n) is 2.61. The van der Waals surface area contributed by atoms with Crippen molar-refractivity contribution in [3.63, 3.8) is 0 Å². The van der Waals surface area contributed by atoms with E-state index in [0.29, 0.717) is 24.7 Å². The van der Waals surface area contributed by atoms with E-state index in [9.17, 15) is 4.79 Å². The van der Waals surface area contributed by atoms with Gasteiger partial charge in [0.15, 0.2) is 11.5 Å². The molecule has 0 aliphatic rings. The maximum atomic E-state index is 12.6.